The molecule has 0 radical (unpaired) electrons. The van der Waals surface area contributed by atoms with E-state index in [1.54, 1.807) is 25.2 Å². The minimum absolute atomic E-state index is 0.0881. The lowest BCUT2D eigenvalue weighted by Gasteiger charge is -2.14. The Morgan fingerprint density at radius 3 is 2.66 bits per heavy atom. The van der Waals surface area contributed by atoms with Crippen LogP contribution in [0.2, 0.25) is 5.02 Å². The molecule has 3 N–H and O–H groups in total. The SMILES string of the molecule is CNc1c2cc(-c3cc(Cl)ccc3Oc3cc(F)c(S(=O)(=O)Nc4ncns4)cc3F)cc1ON2. The van der Waals surface area contributed by atoms with Crippen LogP contribution in [0.3, 0.4) is 0 Å². The van der Waals surface area contributed by atoms with Gasteiger partial charge in [-0.1, -0.05) is 11.6 Å². The van der Waals surface area contributed by atoms with Crippen LogP contribution in [0.5, 0.6) is 17.2 Å². The van der Waals surface area contributed by atoms with Gasteiger partial charge in [0.15, 0.2) is 17.3 Å². The highest BCUT2D eigenvalue weighted by molar-refractivity contribution is 7.93. The van der Waals surface area contributed by atoms with E-state index in [1.807, 2.05) is 4.72 Å². The molecule has 35 heavy (non-hydrogen) atoms. The predicted molar refractivity (Wildman–Crippen MR) is 128 cm³/mol. The number of ether oxygens (including phenoxy) is 1. The summed E-state index contributed by atoms with van der Waals surface area (Å²) in [5.41, 5.74) is 5.31. The van der Waals surface area contributed by atoms with Gasteiger partial charge in [-0.25, -0.2) is 27.7 Å². The maximum absolute atomic E-state index is 14.9. The van der Waals surface area contributed by atoms with Crippen molar-refractivity contribution in [3.63, 3.8) is 0 Å². The van der Waals surface area contributed by atoms with Gasteiger partial charge in [0.1, 0.15) is 28.5 Å². The van der Waals surface area contributed by atoms with Crippen molar-refractivity contribution in [2.45, 2.75) is 4.90 Å². The largest absolute Gasteiger partial charge is 0.454 e. The number of rotatable bonds is 7. The fraction of sp³-hybridized carbons (Fsp3) is 0.0476. The summed E-state index contributed by atoms with van der Waals surface area (Å²) in [6.07, 6.45) is 1.13. The third-order valence-corrected chi connectivity index (χ3v) is 7.25. The number of halogens is 3. The molecule has 3 aromatic carbocycles. The second-order valence-electron chi connectivity index (χ2n) is 7.16. The summed E-state index contributed by atoms with van der Waals surface area (Å²) >= 11 is 6.93. The lowest BCUT2D eigenvalue weighted by atomic mass is 10.0. The molecule has 1 aromatic heterocycles. The molecule has 2 heterocycles. The molecule has 1 aliphatic heterocycles. The average molecular weight is 538 g/mol. The van der Waals surface area contributed by atoms with Crippen LogP contribution in [-0.4, -0.2) is 24.8 Å². The quantitative estimate of drug-likeness (QED) is 0.283. The Bertz CT molecular complexity index is 1530. The number of fused-ring (bicyclic) bond motifs is 2. The molecule has 0 unspecified atom stereocenters. The van der Waals surface area contributed by atoms with Crippen molar-refractivity contribution in [2.24, 2.45) is 0 Å². The predicted octanol–water partition coefficient (Wildman–Crippen LogP) is 5.49. The van der Waals surface area contributed by atoms with Gasteiger partial charge < -0.3 is 14.9 Å². The van der Waals surface area contributed by atoms with Crippen molar-refractivity contribution < 1.29 is 26.8 Å². The molecule has 0 aliphatic carbocycles. The van der Waals surface area contributed by atoms with Crippen LogP contribution in [0.1, 0.15) is 0 Å². The van der Waals surface area contributed by atoms with Crippen molar-refractivity contribution >= 4 is 49.7 Å². The Hall–Kier alpha value is -3.68. The van der Waals surface area contributed by atoms with E-state index in [0.717, 1.165) is 23.5 Å². The number of nitrogens with one attached hydrogen (secondary N) is 3. The number of hydrogen-bond acceptors (Lipinski definition) is 9. The topological polar surface area (TPSA) is 114 Å². The van der Waals surface area contributed by atoms with E-state index in [0.29, 0.717) is 39.7 Å². The fourth-order valence-electron chi connectivity index (χ4n) is 3.42. The maximum Gasteiger partial charge on any atom is 0.266 e. The zero-order valence-corrected chi connectivity index (χ0v) is 20.0. The highest BCUT2D eigenvalue weighted by Gasteiger charge is 2.25. The van der Waals surface area contributed by atoms with Gasteiger partial charge in [0.05, 0.1) is 5.69 Å². The summed E-state index contributed by atoms with van der Waals surface area (Å²) in [6.45, 7) is 0. The van der Waals surface area contributed by atoms with Crippen LogP contribution < -0.4 is 25.1 Å². The van der Waals surface area contributed by atoms with Crippen molar-refractivity contribution in [1.29, 1.82) is 0 Å². The van der Waals surface area contributed by atoms with Gasteiger partial charge >= 0.3 is 0 Å². The lowest BCUT2D eigenvalue weighted by molar-refractivity contribution is 0.423. The Kier molecular flexibility index (Phi) is 5.83. The summed E-state index contributed by atoms with van der Waals surface area (Å²) in [6, 6.07) is 9.31. The zero-order chi connectivity index (χ0) is 24.7. The highest BCUT2D eigenvalue weighted by atomic mass is 35.5. The second-order valence-corrected chi connectivity index (χ2v) is 10.0. The van der Waals surface area contributed by atoms with Gasteiger partial charge in [0.2, 0.25) is 5.13 Å². The van der Waals surface area contributed by atoms with Crippen LogP contribution in [-0.2, 0) is 10.0 Å². The molecule has 9 nitrogen and oxygen atoms in total. The number of aromatic nitrogens is 2. The van der Waals surface area contributed by atoms with Gasteiger partial charge in [-0.05, 0) is 35.9 Å². The number of benzene rings is 3. The van der Waals surface area contributed by atoms with Crippen LogP contribution in [0.25, 0.3) is 11.1 Å². The first kappa shape index (κ1) is 23.1. The smallest absolute Gasteiger partial charge is 0.266 e. The lowest BCUT2D eigenvalue weighted by Crippen LogP contribution is -2.15. The second kappa shape index (κ2) is 8.83. The first-order chi connectivity index (χ1) is 16.7. The molecule has 0 spiro atoms. The fourth-order valence-corrected chi connectivity index (χ4v) is 5.32. The summed E-state index contributed by atoms with van der Waals surface area (Å²) in [5.74, 6) is -2.14. The normalized spacial score (nSPS) is 12.1. The standard InChI is InChI=1S/C21H14ClF2N5O4S2/c1-25-20-15-4-10(5-18(20)33-28-15)12-6-11(22)2-3-16(12)32-17-7-14(24)19(8-13(17)23)35(30,31)29-21-26-9-27-34-21/h2-9,25,28H,1H3,(H,26,27,29). The number of nitrogens with zero attached hydrogens (tertiary/aromatic N) is 2. The number of sulfonamides is 1. The van der Waals surface area contributed by atoms with E-state index in [2.05, 4.69) is 20.2 Å². The van der Waals surface area contributed by atoms with Gasteiger partial charge in [0.25, 0.3) is 10.0 Å². The Morgan fingerprint density at radius 1 is 1.11 bits per heavy atom. The molecule has 14 heteroatoms. The third kappa shape index (κ3) is 4.40. The molecule has 0 amide bonds. The Morgan fingerprint density at radius 2 is 1.94 bits per heavy atom. The Labute approximate surface area is 206 Å². The minimum Gasteiger partial charge on any atom is -0.454 e. The molecular formula is C21H14ClF2N5O4S2. The summed E-state index contributed by atoms with van der Waals surface area (Å²) < 4.78 is 66.0. The Balaban J connectivity index is 1.50. The van der Waals surface area contributed by atoms with E-state index in [1.165, 1.54) is 12.1 Å². The number of anilines is 3. The van der Waals surface area contributed by atoms with Crippen LogP contribution >= 0.6 is 23.1 Å². The molecule has 0 saturated heterocycles. The van der Waals surface area contributed by atoms with Crippen LogP contribution in [0.4, 0.5) is 25.3 Å². The molecular weight excluding hydrogens is 524 g/mol. The summed E-state index contributed by atoms with van der Waals surface area (Å²) in [7, 11) is -2.70. The van der Waals surface area contributed by atoms with Gasteiger partial charge in [-0.15, -0.1) is 0 Å². The average Bonchev–Trinajstić information content (AvgIpc) is 3.40. The molecule has 5 rings (SSSR count). The first-order valence-electron chi connectivity index (χ1n) is 9.80. The highest BCUT2D eigenvalue weighted by Crippen LogP contribution is 2.45. The third-order valence-electron chi connectivity index (χ3n) is 4.95. The van der Waals surface area contributed by atoms with Gasteiger partial charge in [-0.2, -0.15) is 4.37 Å². The molecule has 1 aliphatic rings. The number of hydrogen-bond donors (Lipinski definition) is 3. The monoisotopic (exact) mass is 537 g/mol. The minimum atomic E-state index is -4.45. The van der Waals surface area contributed by atoms with Gasteiger partial charge in [-0.3, -0.25) is 4.72 Å². The van der Waals surface area contributed by atoms with Crippen LogP contribution in [0, 0.1) is 11.6 Å². The van der Waals surface area contributed by atoms with Crippen molar-refractivity contribution in [2.75, 3.05) is 22.6 Å². The van der Waals surface area contributed by atoms with E-state index in [9.17, 15) is 17.2 Å². The zero-order valence-electron chi connectivity index (χ0n) is 17.6. The molecule has 2 bridgehead atoms. The molecule has 0 atom stereocenters. The first-order valence-corrected chi connectivity index (χ1v) is 12.4. The molecule has 0 fully saturated rings. The van der Waals surface area contributed by atoms with Crippen molar-refractivity contribution in [3.8, 4) is 28.4 Å². The molecule has 0 saturated carbocycles. The van der Waals surface area contributed by atoms with E-state index in [-0.39, 0.29) is 10.9 Å². The van der Waals surface area contributed by atoms with E-state index in [4.69, 9.17) is 21.2 Å². The van der Waals surface area contributed by atoms with E-state index < -0.39 is 32.3 Å². The van der Waals surface area contributed by atoms with Crippen LogP contribution in [0.15, 0.2) is 53.7 Å². The van der Waals surface area contributed by atoms with E-state index >= 15 is 0 Å². The maximum atomic E-state index is 14.9. The van der Waals surface area contributed by atoms with Gasteiger partial charge in [0, 0.05) is 41.3 Å². The summed E-state index contributed by atoms with van der Waals surface area (Å²) in [4.78, 5) is 8.18. The molecule has 4 aromatic rings. The van der Waals surface area contributed by atoms with Crippen molar-refractivity contribution in [3.05, 3.63) is 65.4 Å². The van der Waals surface area contributed by atoms with Crippen molar-refractivity contribution in [1.82, 2.24) is 9.36 Å². The summed E-state index contributed by atoms with van der Waals surface area (Å²) in [5, 5.41) is 3.32. The molecule has 180 valence electrons.